The number of thiazole rings is 1. The number of nitrogens with zero attached hydrogens (tertiary/aromatic N) is 5. The summed E-state index contributed by atoms with van der Waals surface area (Å²) in [5.74, 6) is -0.311. The second kappa shape index (κ2) is 8.60. The van der Waals surface area contributed by atoms with Crippen LogP contribution < -0.4 is 4.80 Å². The van der Waals surface area contributed by atoms with E-state index in [0.29, 0.717) is 29.6 Å². The summed E-state index contributed by atoms with van der Waals surface area (Å²) < 4.78 is 21.5. The van der Waals surface area contributed by atoms with Crippen LogP contribution in [0, 0.1) is 19.7 Å². The molecule has 3 aromatic rings. The fourth-order valence-corrected chi connectivity index (χ4v) is 3.55. The molecule has 0 unspecified atom stereocenters. The molecule has 142 valence electrons. The third kappa shape index (κ3) is 4.35. The van der Waals surface area contributed by atoms with Crippen molar-refractivity contribution in [3.05, 3.63) is 62.4 Å². The zero-order valence-corrected chi connectivity index (χ0v) is 16.8. The van der Waals surface area contributed by atoms with Gasteiger partial charge in [-0.2, -0.15) is 10.2 Å². The lowest BCUT2D eigenvalue weighted by atomic mass is 10.3. The Kier molecular flexibility index (Phi) is 6.20. The first-order valence-corrected chi connectivity index (χ1v) is 9.49. The van der Waals surface area contributed by atoms with Gasteiger partial charge in [-0.1, -0.05) is 11.6 Å². The highest BCUT2D eigenvalue weighted by molar-refractivity contribution is 7.07. The van der Waals surface area contributed by atoms with E-state index in [0.717, 1.165) is 16.2 Å². The molecule has 2 heterocycles. The maximum Gasteiger partial charge on any atom is 0.205 e. The van der Waals surface area contributed by atoms with E-state index >= 15 is 0 Å². The SMILES string of the molecule is COCCN=c1scc(C)n1/N=C\c1c(C)nn(-c2ccc(F)cc2)c1Cl. The number of rotatable bonds is 6. The zero-order valence-electron chi connectivity index (χ0n) is 15.2. The molecule has 0 saturated carbocycles. The molecule has 0 saturated heterocycles. The third-order valence-electron chi connectivity index (χ3n) is 3.81. The van der Waals surface area contributed by atoms with Gasteiger partial charge in [0.2, 0.25) is 4.80 Å². The number of aromatic nitrogens is 3. The molecule has 0 bridgehead atoms. The molecule has 2 aromatic heterocycles. The van der Waals surface area contributed by atoms with Gasteiger partial charge in [0.25, 0.3) is 0 Å². The van der Waals surface area contributed by atoms with Crippen LogP contribution in [0.5, 0.6) is 0 Å². The van der Waals surface area contributed by atoms with E-state index < -0.39 is 0 Å². The van der Waals surface area contributed by atoms with Gasteiger partial charge >= 0.3 is 0 Å². The highest BCUT2D eigenvalue weighted by Crippen LogP contribution is 2.22. The van der Waals surface area contributed by atoms with Crippen molar-refractivity contribution in [1.82, 2.24) is 14.5 Å². The first kappa shape index (κ1) is 19.5. The Morgan fingerprint density at radius 2 is 2.04 bits per heavy atom. The van der Waals surface area contributed by atoms with Crippen LogP contribution in [0.15, 0.2) is 39.7 Å². The average Bonchev–Trinajstić information content (AvgIpc) is 3.14. The predicted molar refractivity (Wildman–Crippen MR) is 106 cm³/mol. The molecule has 0 fully saturated rings. The Morgan fingerprint density at radius 3 is 2.74 bits per heavy atom. The second-order valence-corrected chi connectivity index (χ2v) is 6.96. The molecule has 0 atom stereocenters. The normalized spacial score (nSPS) is 12.4. The van der Waals surface area contributed by atoms with Crippen LogP contribution in [0.2, 0.25) is 5.15 Å². The molecular formula is C18H19ClFN5OS. The number of methoxy groups -OCH3 is 1. The number of aryl methyl sites for hydroxylation is 2. The monoisotopic (exact) mass is 407 g/mol. The van der Waals surface area contributed by atoms with Gasteiger partial charge in [-0.15, -0.1) is 11.3 Å². The lowest BCUT2D eigenvalue weighted by Gasteiger charge is -2.02. The molecule has 9 heteroatoms. The van der Waals surface area contributed by atoms with Gasteiger partial charge in [0, 0.05) is 12.5 Å². The van der Waals surface area contributed by atoms with E-state index in [1.54, 1.807) is 34.8 Å². The Hall–Kier alpha value is -2.29. The predicted octanol–water partition coefficient (Wildman–Crippen LogP) is 3.57. The van der Waals surface area contributed by atoms with E-state index in [-0.39, 0.29) is 5.82 Å². The number of benzene rings is 1. The van der Waals surface area contributed by atoms with Gasteiger partial charge in [-0.25, -0.2) is 13.7 Å². The van der Waals surface area contributed by atoms with Crippen molar-refractivity contribution in [3.8, 4) is 5.69 Å². The van der Waals surface area contributed by atoms with Crippen LogP contribution in [-0.2, 0) is 4.74 Å². The third-order valence-corrected chi connectivity index (χ3v) is 5.15. The summed E-state index contributed by atoms with van der Waals surface area (Å²) in [6, 6.07) is 5.99. The summed E-state index contributed by atoms with van der Waals surface area (Å²) in [6.45, 7) is 4.92. The van der Waals surface area contributed by atoms with Gasteiger partial charge in [-0.3, -0.25) is 4.99 Å². The van der Waals surface area contributed by atoms with E-state index in [1.807, 2.05) is 19.2 Å². The number of hydrogen-bond donors (Lipinski definition) is 0. The van der Waals surface area contributed by atoms with E-state index in [4.69, 9.17) is 16.3 Å². The van der Waals surface area contributed by atoms with Crippen molar-refractivity contribution in [3.63, 3.8) is 0 Å². The highest BCUT2D eigenvalue weighted by Gasteiger charge is 2.13. The molecule has 6 nitrogen and oxygen atoms in total. The quantitative estimate of drug-likeness (QED) is 0.463. The lowest BCUT2D eigenvalue weighted by molar-refractivity contribution is 0.207. The van der Waals surface area contributed by atoms with Crippen LogP contribution in [0.4, 0.5) is 4.39 Å². The van der Waals surface area contributed by atoms with E-state index in [2.05, 4.69) is 15.2 Å². The minimum absolute atomic E-state index is 0.311. The van der Waals surface area contributed by atoms with E-state index in [9.17, 15) is 4.39 Å². The maximum absolute atomic E-state index is 13.1. The Morgan fingerprint density at radius 1 is 1.30 bits per heavy atom. The first-order chi connectivity index (χ1) is 13.0. The molecule has 0 aliphatic rings. The molecule has 27 heavy (non-hydrogen) atoms. The van der Waals surface area contributed by atoms with Crippen molar-refractivity contribution in [2.45, 2.75) is 13.8 Å². The first-order valence-electron chi connectivity index (χ1n) is 8.23. The molecular weight excluding hydrogens is 389 g/mol. The molecule has 0 radical (unpaired) electrons. The van der Waals surface area contributed by atoms with Crippen molar-refractivity contribution in [2.24, 2.45) is 10.1 Å². The smallest absolute Gasteiger partial charge is 0.205 e. The lowest BCUT2D eigenvalue weighted by Crippen LogP contribution is -2.13. The van der Waals surface area contributed by atoms with Gasteiger partial charge in [0.15, 0.2) is 0 Å². The maximum atomic E-state index is 13.1. The molecule has 0 spiro atoms. The number of hydrogen-bond acceptors (Lipinski definition) is 5. The number of ether oxygens (including phenoxy) is 1. The zero-order chi connectivity index (χ0) is 19.4. The molecule has 3 rings (SSSR count). The van der Waals surface area contributed by atoms with Gasteiger partial charge < -0.3 is 4.74 Å². The molecule has 1 aromatic carbocycles. The van der Waals surface area contributed by atoms with Crippen LogP contribution in [-0.4, -0.2) is 40.9 Å². The topological polar surface area (TPSA) is 56.7 Å². The van der Waals surface area contributed by atoms with Crippen molar-refractivity contribution < 1.29 is 9.13 Å². The van der Waals surface area contributed by atoms with Crippen LogP contribution in [0.1, 0.15) is 17.0 Å². The number of halogens is 2. The Bertz CT molecular complexity index is 1020. The van der Waals surface area contributed by atoms with Gasteiger partial charge in [0.05, 0.1) is 42.0 Å². The molecule has 0 aliphatic carbocycles. The standard InChI is InChI=1S/C18H19ClFN5OS/c1-12-11-27-18(21-8-9-26-3)24(12)22-10-16-13(2)23-25(17(16)19)15-6-4-14(20)5-7-15/h4-7,10-11H,8-9H2,1-3H3/b21-18?,22-10-. The summed E-state index contributed by atoms with van der Waals surface area (Å²) >= 11 is 8.01. The molecule has 0 aliphatic heterocycles. The fourth-order valence-electron chi connectivity index (χ4n) is 2.39. The van der Waals surface area contributed by atoms with Crippen LogP contribution in [0.3, 0.4) is 0 Å². The summed E-state index contributed by atoms with van der Waals surface area (Å²) in [5.41, 5.74) is 3.06. The van der Waals surface area contributed by atoms with Gasteiger partial charge in [0.1, 0.15) is 11.0 Å². The summed E-state index contributed by atoms with van der Waals surface area (Å²) in [7, 11) is 1.64. The minimum Gasteiger partial charge on any atom is -0.383 e. The summed E-state index contributed by atoms with van der Waals surface area (Å²) in [6.07, 6.45) is 1.67. The molecule has 0 amide bonds. The molecule has 0 N–H and O–H groups in total. The highest BCUT2D eigenvalue weighted by atomic mass is 35.5. The Labute approximate surface area is 165 Å². The van der Waals surface area contributed by atoms with E-state index in [1.165, 1.54) is 23.5 Å². The van der Waals surface area contributed by atoms with Crippen molar-refractivity contribution in [1.29, 1.82) is 0 Å². The minimum atomic E-state index is -0.311. The Balaban J connectivity index is 1.94. The fraction of sp³-hybridized carbons (Fsp3) is 0.278. The summed E-state index contributed by atoms with van der Waals surface area (Å²) in [4.78, 5) is 5.27. The van der Waals surface area contributed by atoms with Gasteiger partial charge in [-0.05, 0) is 38.1 Å². The van der Waals surface area contributed by atoms with Crippen LogP contribution in [0.25, 0.3) is 5.69 Å². The average molecular weight is 408 g/mol. The van der Waals surface area contributed by atoms with Crippen LogP contribution >= 0.6 is 22.9 Å². The summed E-state index contributed by atoms with van der Waals surface area (Å²) in [5, 5.41) is 11.4. The van der Waals surface area contributed by atoms with Crippen molar-refractivity contribution in [2.75, 3.05) is 20.3 Å². The van der Waals surface area contributed by atoms with Crippen molar-refractivity contribution >= 4 is 29.2 Å². The largest absolute Gasteiger partial charge is 0.383 e. The second-order valence-electron chi connectivity index (χ2n) is 5.77.